The van der Waals surface area contributed by atoms with Crippen LogP contribution in [0.1, 0.15) is 9.67 Å². The summed E-state index contributed by atoms with van der Waals surface area (Å²) in [6.07, 6.45) is 0.820. The first-order chi connectivity index (χ1) is 7.28. The van der Waals surface area contributed by atoms with Gasteiger partial charge in [0.25, 0.3) is 0 Å². The van der Waals surface area contributed by atoms with Crippen molar-refractivity contribution in [1.82, 2.24) is 0 Å². The molecule has 0 radical (unpaired) electrons. The second-order valence-corrected chi connectivity index (χ2v) is 4.95. The number of halogens is 1. The van der Waals surface area contributed by atoms with Crippen molar-refractivity contribution >= 4 is 29.4 Å². The number of carbonyl (C=O) groups is 1. The van der Waals surface area contributed by atoms with Gasteiger partial charge in [0, 0.05) is 15.2 Å². The van der Waals surface area contributed by atoms with Crippen molar-refractivity contribution in [2.45, 2.75) is 9.79 Å². The van der Waals surface area contributed by atoms with Crippen molar-refractivity contribution in [2.24, 2.45) is 0 Å². The molecule has 0 spiro atoms. The molecule has 1 aromatic heterocycles. The van der Waals surface area contributed by atoms with Crippen LogP contribution in [0.25, 0.3) is 0 Å². The molecule has 1 aromatic carbocycles. The van der Waals surface area contributed by atoms with E-state index in [2.05, 4.69) is 0 Å². The summed E-state index contributed by atoms with van der Waals surface area (Å²) in [5, 5.41) is 1.89. The van der Waals surface area contributed by atoms with Gasteiger partial charge in [0.1, 0.15) is 5.82 Å². The second kappa shape index (κ2) is 4.59. The Balaban J connectivity index is 2.18. The SMILES string of the molecule is O=Cc1cc(Sc2cccc(F)c2)cs1. The number of benzene rings is 1. The van der Waals surface area contributed by atoms with Crippen LogP contribution in [0.2, 0.25) is 0 Å². The Morgan fingerprint density at radius 1 is 1.27 bits per heavy atom. The zero-order chi connectivity index (χ0) is 10.7. The van der Waals surface area contributed by atoms with E-state index >= 15 is 0 Å². The lowest BCUT2D eigenvalue weighted by Crippen LogP contribution is -1.74. The molecule has 0 unspecified atom stereocenters. The first kappa shape index (κ1) is 10.4. The van der Waals surface area contributed by atoms with Crippen molar-refractivity contribution in [3.8, 4) is 0 Å². The summed E-state index contributed by atoms with van der Waals surface area (Å²) in [7, 11) is 0. The third-order valence-electron chi connectivity index (χ3n) is 1.74. The Morgan fingerprint density at radius 3 is 2.80 bits per heavy atom. The van der Waals surface area contributed by atoms with Gasteiger partial charge in [-0.1, -0.05) is 17.8 Å². The Labute approximate surface area is 94.9 Å². The van der Waals surface area contributed by atoms with Crippen LogP contribution in [-0.4, -0.2) is 6.29 Å². The zero-order valence-electron chi connectivity index (χ0n) is 7.64. The molecule has 15 heavy (non-hydrogen) atoms. The van der Waals surface area contributed by atoms with Gasteiger partial charge in [-0.25, -0.2) is 4.39 Å². The predicted molar refractivity (Wildman–Crippen MR) is 60.2 cm³/mol. The molecule has 0 aliphatic heterocycles. The summed E-state index contributed by atoms with van der Waals surface area (Å²) in [5.41, 5.74) is 0. The molecular formula is C11H7FOS2. The van der Waals surface area contributed by atoms with Crippen molar-refractivity contribution in [3.05, 3.63) is 46.4 Å². The van der Waals surface area contributed by atoms with Crippen LogP contribution in [0.15, 0.2) is 45.5 Å². The number of hydrogen-bond acceptors (Lipinski definition) is 3. The van der Waals surface area contributed by atoms with E-state index in [9.17, 15) is 9.18 Å². The summed E-state index contributed by atoms with van der Waals surface area (Å²) in [6.45, 7) is 0. The molecule has 2 rings (SSSR count). The van der Waals surface area contributed by atoms with E-state index in [1.165, 1.54) is 35.2 Å². The number of hydrogen-bond donors (Lipinski definition) is 0. The summed E-state index contributed by atoms with van der Waals surface area (Å²) in [4.78, 5) is 13.0. The molecule has 0 atom stereocenters. The summed E-state index contributed by atoms with van der Waals surface area (Å²) < 4.78 is 12.9. The highest BCUT2D eigenvalue weighted by Crippen LogP contribution is 2.30. The van der Waals surface area contributed by atoms with Crippen LogP contribution >= 0.6 is 23.1 Å². The minimum absolute atomic E-state index is 0.245. The van der Waals surface area contributed by atoms with Gasteiger partial charge in [-0.3, -0.25) is 4.79 Å². The fraction of sp³-hybridized carbons (Fsp3) is 0. The molecule has 2 aromatic rings. The number of rotatable bonds is 3. The lowest BCUT2D eigenvalue weighted by Gasteiger charge is -1.97. The van der Waals surface area contributed by atoms with Gasteiger partial charge in [-0.2, -0.15) is 0 Å². The molecule has 4 heteroatoms. The van der Waals surface area contributed by atoms with Gasteiger partial charge >= 0.3 is 0 Å². The fourth-order valence-electron chi connectivity index (χ4n) is 1.12. The van der Waals surface area contributed by atoms with Gasteiger partial charge < -0.3 is 0 Å². The smallest absolute Gasteiger partial charge is 0.160 e. The minimum atomic E-state index is -0.245. The monoisotopic (exact) mass is 238 g/mol. The van der Waals surface area contributed by atoms with E-state index in [0.717, 1.165) is 16.1 Å². The van der Waals surface area contributed by atoms with E-state index in [4.69, 9.17) is 0 Å². The zero-order valence-corrected chi connectivity index (χ0v) is 9.28. The highest BCUT2D eigenvalue weighted by molar-refractivity contribution is 7.99. The molecule has 0 aliphatic carbocycles. The van der Waals surface area contributed by atoms with Crippen LogP contribution < -0.4 is 0 Å². The Hall–Kier alpha value is -1.13. The maximum Gasteiger partial charge on any atom is 0.160 e. The summed E-state index contributed by atoms with van der Waals surface area (Å²) in [5.74, 6) is -0.245. The first-order valence-corrected chi connectivity index (χ1v) is 5.94. The highest BCUT2D eigenvalue weighted by atomic mass is 32.2. The number of aldehydes is 1. The predicted octanol–water partition coefficient (Wildman–Crippen LogP) is 3.85. The Morgan fingerprint density at radius 2 is 2.13 bits per heavy atom. The lowest BCUT2D eigenvalue weighted by molar-refractivity contribution is 0.112. The van der Waals surface area contributed by atoms with E-state index < -0.39 is 0 Å². The third kappa shape index (κ3) is 2.67. The van der Waals surface area contributed by atoms with Crippen molar-refractivity contribution < 1.29 is 9.18 Å². The van der Waals surface area contributed by atoms with Crippen molar-refractivity contribution in [1.29, 1.82) is 0 Å². The van der Waals surface area contributed by atoms with Gasteiger partial charge in [0.15, 0.2) is 6.29 Å². The largest absolute Gasteiger partial charge is 0.297 e. The quantitative estimate of drug-likeness (QED) is 0.755. The molecule has 0 saturated carbocycles. The maximum absolute atomic E-state index is 12.9. The van der Waals surface area contributed by atoms with Crippen LogP contribution in [-0.2, 0) is 0 Å². The molecule has 1 heterocycles. The Bertz CT molecular complexity index is 479. The molecule has 0 amide bonds. The second-order valence-electron chi connectivity index (χ2n) is 2.86. The molecule has 0 saturated heterocycles. The molecular weight excluding hydrogens is 231 g/mol. The van der Waals surface area contributed by atoms with Gasteiger partial charge in [0.05, 0.1) is 4.88 Å². The standard InChI is InChI=1S/C11H7FOS2/c12-8-2-1-3-9(4-8)15-11-5-10(6-13)14-7-11/h1-7H. The molecule has 76 valence electrons. The van der Waals surface area contributed by atoms with Gasteiger partial charge in [-0.05, 0) is 24.3 Å². The average Bonchev–Trinajstić information content (AvgIpc) is 2.65. The first-order valence-electron chi connectivity index (χ1n) is 4.25. The van der Waals surface area contributed by atoms with Crippen LogP contribution in [0, 0.1) is 5.82 Å². The average molecular weight is 238 g/mol. The number of carbonyl (C=O) groups excluding carboxylic acids is 1. The normalized spacial score (nSPS) is 10.2. The van der Waals surface area contributed by atoms with Gasteiger partial charge in [-0.15, -0.1) is 11.3 Å². The summed E-state index contributed by atoms with van der Waals surface area (Å²) >= 11 is 2.84. The molecule has 0 aliphatic rings. The molecule has 1 nitrogen and oxygen atoms in total. The Kier molecular flexibility index (Phi) is 3.18. The highest BCUT2D eigenvalue weighted by Gasteiger charge is 2.01. The topological polar surface area (TPSA) is 17.1 Å². The van der Waals surface area contributed by atoms with Crippen molar-refractivity contribution in [3.63, 3.8) is 0 Å². The van der Waals surface area contributed by atoms with Crippen molar-refractivity contribution in [2.75, 3.05) is 0 Å². The minimum Gasteiger partial charge on any atom is -0.297 e. The third-order valence-corrected chi connectivity index (χ3v) is 3.71. The van der Waals surface area contributed by atoms with E-state index in [0.29, 0.717) is 4.88 Å². The molecule has 0 bridgehead atoms. The van der Waals surface area contributed by atoms with E-state index in [1.54, 1.807) is 12.1 Å². The van der Waals surface area contributed by atoms with Gasteiger partial charge in [0.2, 0.25) is 0 Å². The van der Waals surface area contributed by atoms with Crippen LogP contribution in [0.4, 0.5) is 4.39 Å². The lowest BCUT2D eigenvalue weighted by atomic mass is 10.4. The maximum atomic E-state index is 12.9. The number of thiophene rings is 1. The fourth-order valence-corrected chi connectivity index (χ4v) is 2.87. The van der Waals surface area contributed by atoms with Crippen LogP contribution in [0.3, 0.4) is 0 Å². The molecule has 0 fully saturated rings. The van der Waals surface area contributed by atoms with Crippen LogP contribution in [0.5, 0.6) is 0 Å². The van der Waals surface area contributed by atoms with E-state index in [1.807, 2.05) is 11.4 Å². The molecule has 0 N–H and O–H groups in total. The summed E-state index contributed by atoms with van der Waals surface area (Å²) in [6, 6.07) is 8.20. The van der Waals surface area contributed by atoms with E-state index in [-0.39, 0.29) is 5.82 Å².